The third-order valence-electron chi connectivity index (χ3n) is 14.8. The van der Waals surface area contributed by atoms with Gasteiger partial charge in [0.1, 0.15) is 0 Å². The molecule has 2 heterocycles. The highest BCUT2D eigenvalue weighted by Gasteiger charge is 2.24. The van der Waals surface area contributed by atoms with Crippen LogP contribution in [0.1, 0.15) is 0 Å². The summed E-state index contributed by atoms with van der Waals surface area (Å²) in [5.74, 6) is 0. The molecule has 0 unspecified atom stereocenters. The molecule has 14 rings (SSSR count). The highest BCUT2D eigenvalue weighted by molar-refractivity contribution is 6.13. The lowest BCUT2D eigenvalue weighted by atomic mass is 9.86. The molecule has 0 aliphatic rings. The minimum absolute atomic E-state index is 1.04. The third kappa shape index (κ3) is 7.79. The van der Waals surface area contributed by atoms with Crippen LogP contribution in [-0.2, 0) is 0 Å². The summed E-state index contributed by atoms with van der Waals surface area (Å²) in [5.41, 5.74) is 20.1. The molecule has 0 saturated heterocycles. The maximum Gasteiger partial charge on any atom is 0.0541 e. The molecule has 0 atom stereocenters. The number of nitrogens with zero attached hydrogens (tertiary/aromatic N) is 4. The predicted molar refractivity (Wildman–Crippen MR) is 321 cm³/mol. The van der Waals surface area contributed by atoms with Crippen LogP contribution in [0.5, 0.6) is 0 Å². The Hall–Kier alpha value is -10.2. The van der Waals surface area contributed by atoms with Crippen molar-refractivity contribution in [3.05, 3.63) is 303 Å². The maximum atomic E-state index is 2.44. The van der Waals surface area contributed by atoms with Crippen molar-refractivity contribution in [1.82, 2.24) is 9.13 Å². The maximum absolute atomic E-state index is 2.44. The average Bonchev–Trinajstić information content (AvgIpc) is 4.02. The molecule has 0 aliphatic carbocycles. The van der Waals surface area contributed by atoms with Crippen molar-refractivity contribution in [2.75, 3.05) is 9.80 Å². The lowest BCUT2D eigenvalue weighted by molar-refractivity contribution is 1.18. The Morgan fingerprint density at radius 2 is 0.553 bits per heavy atom. The van der Waals surface area contributed by atoms with Crippen LogP contribution in [0.2, 0.25) is 0 Å². The van der Waals surface area contributed by atoms with Crippen molar-refractivity contribution in [3.63, 3.8) is 0 Å². The van der Waals surface area contributed by atoms with Gasteiger partial charge in [-0.1, -0.05) is 176 Å². The van der Waals surface area contributed by atoms with Gasteiger partial charge in [-0.2, -0.15) is 0 Å². The molecule has 76 heavy (non-hydrogen) atoms. The van der Waals surface area contributed by atoms with Gasteiger partial charge in [0, 0.05) is 67.0 Å². The van der Waals surface area contributed by atoms with Gasteiger partial charge in [0.2, 0.25) is 0 Å². The zero-order valence-electron chi connectivity index (χ0n) is 41.7. The molecule has 0 fully saturated rings. The van der Waals surface area contributed by atoms with Gasteiger partial charge in [0.25, 0.3) is 0 Å². The number of fused-ring (bicyclic) bond motifs is 6. The zero-order chi connectivity index (χ0) is 50.4. The van der Waals surface area contributed by atoms with Crippen LogP contribution >= 0.6 is 0 Å². The van der Waals surface area contributed by atoms with Crippen LogP contribution in [0, 0.1) is 0 Å². The van der Waals surface area contributed by atoms with Crippen LogP contribution in [0.15, 0.2) is 303 Å². The molecule has 0 radical (unpaired) electrons. The van der Waals surface area contributed by atoms with E-state index in [2.05, 4.69) is 322 Å². The predicted octanol–water partition coefficient (Wildman–Crippen LogP) is 19.8. The van der Waals surface area contributed by atoms with Crippen molar-refractivity contribution >= 4 is 77.7 Å². The summed E-state index contributed by atoms with van der Waals surface area (Å²) in [4.78, 5) is 4.76. The largest absolute Gasteiger partial charge is 0.310 e. The summed E-state index contributed by atoms with van der Waals surface area (Å²) >= 11 is 0. The zero-order valence-corrected chi connectivity index (χ0v) is 41.7. The Balaban J connectivity index is 1.07. The molecular weight excluding hydrogens is 921 g/mol. The third-order valence-corrected chi connectivity index (χ3v) is 14.8. The molecular formula is C72H50N4. The molecule has 0 bridgehead atoms. The first-order valence-electron chi connectivity index (χ1n) is 26.0. The normalized spacial score (nSPS) is 11.4. The fourth-order valence-electron chi connectivity index (χ4n) is 11.5. The minimum Gasteiger partial charge on any atom is -0.310 e. The highest BCUT2D eigenvalue weighted by atomic mass is 15.2. The number of hydrogen-bond acceptors (Lipinski definition) is 2. The van der Waals surface area contributed by atoms with E-state index in [0.29, 0.717) is 0 Å². The topological polar surface area (TPSA) is 16.3 Å². The van der Waals surface area contributed by atoms with E-state index < -0.39 is 0 Å². The Morgan fingerprint density at radius 1 is 0.211 bits per heavy atom. The molecule has 358 valence electrons. The Kier molecular flexibility index (Phi) is 11.2. The van der Waals surface area contributed by atoms with Gasteiger partial charge in [-0.05, 0) is 161 Å². The summed E-state index contributed by atoms with van der Waals surface area (Å²) < 4.78 is 4.79. The summed E-state index contributed by atoms with van der Waals surface area (Å²) in [5, 5.41) is 4.84. The Labute approximate surface area is 442 Å². The van der Waals surface area contributed by atoms with Crippen LogP contribution in [0.4, 0.5) is 34.1 Å². The van der Waals surface area contributed by atoms with E-state index in [4.69, 9.17) is 0 Å². The lowest BCUT2D eigenvalue weighted by Crippen LogP contribution is -2.13. The van der Waals surface area contributed by atoms with Crippen molar-refractivity contribution in [1.29, 1.82) is 0 Å². The first kappa shape index (κ1) is 44.5. The van der Waals surface area contributed by atoms with Gasteiger partial charge < -0.3 is 18.9 Å². The number of anilines is 6. The Morgan fingerprint density at radius 3 is 0.987 bits per heavy atom. The van der Waals surface area contributed by atoms with E-state index in [1.807, 2.05) is 0 Å². The van der Waals surface area contributed by atoms with Gasteiger partial charge in [-0.3, -0.25) is 0 Å². The van der Waals surface area contributed by atoms with Crippen molar-refractivity contribution in [3.8, 4) is 44.8 Å². The highest BCUT2D eigenvalue weighted by Crippen LogP contribution is 2.48. The molecule has 4 nitrogen and oxygen atoms in total. The lowest BCUT2D eigenvalue weighted by Gasteiger charge is -2.30. The second-order valence-corrected chi connectivity index (χ2v) is 19.3. The number of hydrogen-bond donors (Lipinski definition) is 0. The smallest absolute Gasteiger partial charge is 0.0541 e. The fraction of sp³-hybridized carbons (Fsp3) is 0. The van der Waals surface area contributed by atoms with Crippen molar-refractivity contribution in [2.45, 2.75) is 0 Å². The van der Waals surface area contributed by atoms with E-state index >= 15 is 0 Å². The van der Waals surface area contributed by atoms with Crippen molar-refractivity contribution < 1.29 is 0 Å². The number of aromatic nitrogens is 2. The first-order valence-corrected chi connectivity index (χ1v) is 26.0. The van der Waals surface area contributed by atoms with Crippen LogP contribution < -0.4 is 9.80 Å². The van der Waals surface area contributed by atoms with Crippen molar-refractivity contribution in [2.24, 2.45) is 0 Å². The number of para-hydroxylation sites is 8. The molecule has 2 aromatic heterocycles. The second kappa shape index (κ2) is 19.0. The molecule has 14 aromatic rings. The van der Waals surface area contributed by atoms with Gasteiger partial charge in [-0.25, -0.2) is 0 Å². The molecule has 0 saturated carbocycles. The van der Waals surface area contributed by atoms with Crippen LogP contribution in [0.3, 0.4) is 0 Å². The summed E-state index contributed by atoms with van der Waals surface area (Å²) in [6.45, 7) is 0. The molecule has 12 aromatic carbocycles. The van der Waals surface area contributed by atoms with E-state index in [9.17, 15) is 0 Å². The molecule has 4 heteroatoms. The van der Waals surface area contributed by atoms with Crippen LogP contribution in [-0.4, -0.2) is 9.13 Å². The van der Waals surface area contributed by atoms with E-state index in [1.54, 1.807) is 0 Å². The average molecular weight is 971 g/mol. The summed E-state index contributed by atoms with van der Waals surface area (Å²) in [6.07, 6.45) is 0. The molecule has 0 N–H and O–H groups in total. The van der Waals surface area contributed by atoms with E-state index in [0.717, 1.165) is 84.4 Å². The van der Waals surface area contributed by atoms with Gasteiger partial charge in [0.15, 0.2) is 0 Å². The fourth-order valence-corrected chi connectivity index (χ4v) is 11.5. The van der Waals surface area contributed by atoms with Crippen LogP contribution in [0.25, 0.3) is 88.4 Å². The summed E-state index contributed by atoms with van der Waals surface area (Å²) in [6, 6.07) is 110. The number of benzene rings is 12. The molecule has 0 aliphatic heterocycles. The SMILES string of the molecule is c1ccc(N(c2ccccc2)c2cc(-c3cccc(-c4ccc5c(c4)c4ccccc4n5-c4ccccc4)c3-c3ccc4c(c3)c3ccccc3n4-c3ccccc3)cc(N(c3ccccc3)c3ccccc3)c2)cc1. The quantitative estimate of drug-likeness (QED) is 0.128. The second-order valence-electron chi connectivity index (χ2n) is 19.3. The Bertz CT molecular complexity index is 4200. The first-order chi connectivity index (χ1) is 37.7. The van der Waals surface area contributed by atoms with Gasteiger partial charge in [-0.15, -0.1) is 0 Å². The van der Waals surface area contributed by atoms with Gasteiger partial charge >= 0.3 is 0 Å². The minimum atomic E-state index is 1.04. The monoisotopic (exact) mass is 970 g/mol. The number of rotatable bonds is 11. The standard InChI is InChI=1S/C72H50N4/c1-7-24-54(25-8-1)73(55-26-9-2-10-27-55)60-46-53(47-61(50-60)74(56-28-11-3-12-29-56)57-30-13-4-14-31-57)63-39-23-38-62(51-42-44-70-66(48-51)64-36-19-21-40-68(64)75(70)58-32-15-5-16-33-58)72(63)52-43-45-71-67(49-52)65-37-20-22-41-69(65)76(71)59-34-17-6-18-35-59/h1-50H. The summed E-state index contributed by atoms with van der Waals surface area (Å²) in [7, 11) is 0. The van der Waals surface area contributed by atoms with E-state index in [-0.39, 0.29) is 0 Å². The molecule has 0 spiro atoms. The van der Waals surface area contributed by atoms with E-state index in [1.165, 1.54) is 38.1 Å². The van der Waals surface area contributed by atoms with Gasteiger partial charge in [0.05, 0.1) is 22.1 Å². The molecule has 0 amide bonds.